The van der Waals surface area contributed by atoms with Crippen molar-refractivity contribution in [1.82, 2.24) is 0 Å². The normalized spacial score (nSPS) is 6.93. The fourth-order valence-electron chi connectivity index (χ4n) is 0.385. The van der Waals surface area contributed by atoms with Crippen molar-refractivity contribution in [3.8, 4) is 0 Å². The van der Waals surface area contributed by atoms with Gasteiger partial charge in [0.25, 0.3) is 0 Å². The lowest BCUT2D eigenvalue weighted by Crippen LogP contribution is -1.92. The molecule has 76 valence electrons. The zero-order valence-electron chi connectivity index (χ0n) is 8.44. The molecule has 1 rings (SSSR count). The molecular formula is C12H16O2. The molecule has 0 saturated heterocycles. The Morgan fingerprint density at radius 1 is 1.00 bits per heavy atom. The molecular weight excluding hydrogens is 176 g/mol. The van der Waals surface area contributed by atoms with Crippen LogP contribution in [0.1, 0.15) is 6.92 Å². The van der Waals surface area contributed by atoms with Crippen LogP contribution < -0.4 is 0 Å². The minimum absolute atomic E-state index is 0.176. The summed E-state index contributed by atoms with van der Waals surface area (Å²) in [4.78, 5) is 9.60. The van der Waals surface area contributed by atoms with Crippen molar-refractivity contribution in [3.63, 3.8) is 0 Å². The van der Waals surface area contributed by atoms with E-state index in [1.807, 2.05) is 36.4 Å². The first-order valence-electron chi connectivity index (χ1n) is 4.03. The van der Waals surface area contributed by atoms with E-state index in [0.717, 1.165) is 0 Å². The molecule has 0 atom stereocenters. The second-order valence-electron chi connectivity index (χ2n) is 2.24. The smallest absolute Gasteiger partial charge is 0.330 e. The maximum absolute atomic E-state index is 9.60. The largest absolute Gasteiger partial charge is 0.478 e. The lowest BCUT2D eigenvalue weighted by molar-refractivity contribution is -0.132. The molecule has 0 aliphatic heterocycles. The Hall–Kier alpha value is -1.83. The Bertz CT molecular complexity index is 214. The molecule has 0 unspecified atom stereocenters. The van der Waals surface area contributed by atoms with E-state index in [9.17, 15) is 4.79 Å². The van der Waals surface area contributed by atoms with E-state index in [1.165, 1.54) is 6.92 Å². The van der Waals surface area contributed by atoms with Crippen LogP contribution in [-0.4, -0.2) is 11.1 Å². The lowest BCUT2D eigenvalue weighted by atomic mass is 10.4. The highest BCUT2D eigenvalue weighted by Crippen LogP contribution is 1.81. The van der Waals surface area contributed by atoms with Crippen LogP contribution in [0.4, 0.5) is 0 Å². The highest BCUT2D eigenvalue weighted by molar-refractivity contribution is 5.84. The van der Waals surface area contributed by atoms with Crippen LogP contribution in [0.25, 0.3) is 0 Å². The molecule has 0 aliphatic rings. The number of benzene rings is 1. The molecule has 14 heavy (non-hydrogen) atoms. The summed E-state index contributed by atoms with van der Waals surface area (Å²) in [5, 5.41) is 7.89. The maximum Gasteiger partial charge on any atom is 0.330 e. The second kappa shape index (κ2) is 11.2. The average molecular weight is 192 g/mol. The Morgan fingerprint density at radius 3 is 1.21 bits per heavy atom. The van der Waals surface area contributed by atoms with Gasteiger partial charge in [0.05, 0.1) is 0 Å². The molecule has 0 amide bonds. The number of aliphatic carboxylic acids is 1. The highest BCUT2D eigenvalue weighted by atomic mass is 16.4. The van der Waals surface area contributed by atoms with Gasteiger partial charge in [-0.3, -0.25) is 0 Å². The first-order valence-corrected chi connectivity index (χ1v) is 4.03. The van der Waals surface area contributed by atoms with Gasteiger partial charge in [-0.05, 0) is 6.92 Å². The minimum atomic E-state index is -0.935. The van der Waals surface area contributed by atoms with Crippen molar-refractivity contribution in [1.29, 1.82) is 0 Å². The van der Waals surface area contributed by atoms with Gasteiger partial charge < -0.3 is 5.11 Å². The third-order valence-corrected chi connectivity index (χ3v) is 1.03. The molecule has 0 fully saturated rings. The topological polar surface area (TPSA) is 37.3 Å². The summed E-state index contributed by atoms with van der Waals surface area (Å²) >= 11 is 0. The lowest BCUT2D eigenvalue weighted by Gasteiger charge is -1.79. The Morgan fingerprint density at radius 2 is 1.14 bits per heavy atom. The minimum Gasteiger partial charge on any atom is -0.478 e. The summed E-state index contributed by atoms with van der Waals surface area (Å²) in [5.41, 5.74) is 0.176. The first kappa shape index (κ1) is 14.7. The summed E-state index contributed by atoms with van der Waals surface area (Å²) in [5.74, 6) is -0.935. The fourth-order valence-corrected chi connectivity index (χ4v) is 0.385. The molecule has 0 spiro atoms. The molecule has 2 heteroatoms. The van der Waals surface area contributed by atoms with Crippen molar-refractivity contribution < 1.29 is 9.90 Å². The van der Waals surface area contributed by atoms with E-state index < -0.39 is 5.97 Å². The van der Waals surface area contributed by atoms with E-state index in [0.29, 0.717) is 0 Å². The third-order valence-electron chi connectivity index (χ3n) is 1.03. The van der Waals surface area contributed by atoms with Gasteiger partial charge in [-0.15, -0.1) is 13.2 Å². The Kier molecular flexibility index (Phi) is 11.7. The number of carboxylic acid groups (broad SMARTS) is 1. The molecule has 0 aromatic heterocycles. The number of rotatable bonds is 1. The number of hydrogen-bond donors (Lipinski definition) is 1. The van der Waals surface area contributed by atoms with Crippen LogP contribution in [0, 0.1) is 0 Å². The Balaban J connectivity index is 0. The van der Waals surface area contributed by atoms with E-state index in [-0.39, 0.29) is 5.57 Å². The predicted octanol–water partition coefficient (Wildman–Crippen LogP) is 3.14. The monoisotopic (exact) mass is 192 g/mol. The summed E-state index contributed by atoms with van der Waals surface area (Å²) < 4.78 is 0. The summed E-state index contributed by atoms with van der Waals surface area (Å²) in [7, 11) is 0. The Labute approximate surface area is 85.2 Å². The van der Waals surface area contributed by atoms with Crippen molar-refractivity contribution in [3.05, 3.63) is 61.7 Å². The fraction of sp³-hybridized carbons (Fsp3) is 0.0833. The van der Waals surface area contributed by atoms with Crippen molar-refractivity contribution in [2.24, 2.45) is 0 Å². The number of hydrogen-bond acceptors (Lipinski definition) is 1. The third kappa shape index (κ3) is 12.8. The van der Waals surface area contributed by atoms with Crippen LogP contribution in [0.3, 0.4) is 0 Å². The second-order valence-corrected chi connectivity index (χ2v) is 2.24. The molecule has 1 aromatic carbocycles. The summed E-state index contributed by atoms with van der Waals surface area (Å²) in [6, 6.07) is 12.0. The standard InChI is InChI=1S/C6H6.C4H6O2.C2H4/c1-2-4-6-5-3-1;1-3(2)4(5)6;1-2/h1-6H;1H2,2H3,(H,5,6);1-2H2. The van der Waals surface area contributed by atoms with Gasteiger partial charge in [-0.25, -0.2) is 4.79 Å². The molecule has 0 saturated carbocycles. The van der Waals surface area contributed by atoms with Crippen molar-refractivity contribution >= 4 is 5.97 Å². The van der Waals surface area contributed by atoms with Gasteiger partial charge >= 0.3 is 5.97 Å². The van der Waals surface area contributed by atoms with Gasteiger partial charge in [0.1, 0.15) is 0 Å². The quantitative estimate of drug-likeness (QED) is 0.548. The summed E-state index contributed by atoms with van der Waals surface area (Å²) in [6.07, 6.45) is 0. The van der Waals surface area contributed by atoms with E-state index in [2.05, 4.69) is 19.7 Å². The van der Waals surface area contributed by atoms with E-state index >= 15 is 0 Å². The predicted molar refractivity (Wildman–Crippen MR) is 60.1 cm³/mol. The van der Waals surface area contributed by atoms with Gasteiger partial charge in [0.2, 0.25) is 0 Å². The molecule has 2 nitrogen and oxygen atoms in total. The molecule has 1 N–H and O–H groups in total. The highest BCUT2D eigenvalue weighted by Gasteiger charge is 1.90. The molecule has 0 aliphatic carbocycles. The number of carbonyl (C=O) groups is 1. The SMILES string of the molecule is C=C.C=C(C)C(=O)O.c1ccccc1. The zero-order chi connectivity index (χ0) is 11.4. The van der Waals surface area contributed by atoms with Crippen LogP contribution in [-0.2, 0) is 4.79 Å². The van der Waals surface area contributed by atoms with Gasteiger partial charge in [0, 0.05) is 5.57 Å². The number of carboxylic acids is 1. The van der Waals surface area contributed by atoms with E-state index in [1.54, 1.807) is 0 Å². The molecule has 0 bridgehead atoms. The molecule has 0 heterocycles. The average Bonchev–Trinajstić information content (AvgIpc) is 2.24. The van der Waals surface area contributed by atoms with Crippen molar-refractivity contribution in [2.75, 3.05) is 0 Å². The van der Waals surface area contributed by atoms with Gasteiger partial charge in [-0.1, -0.05) is 43.0 Å². The van der Waals surface area contributed by atoms with Crippen LogP contribution in [0.2, 0.25) is 0 Å². The molecule has 0 radical (unpaired) electrons. The van der Waals surface area contributed by atoms with Crippen LogP contribution >= 0.6 is 0 Å². The molecule has 1 aromatic rings. The van der Waals surface area contributed by atoms with Crippen LogP contribution in [0.15, 0.2) is 61.7 Å². The van der Waals surface area contributed by atoms with Gasteiger partial charge in [0.15, 0.2) is 0 Å². The summed E-state index contributed by atoms with van der Waals surface area (Å²) in [6.45, 7) is 10.6. The maximum atomic E-state index is 9.60. The zero-order valence-corrected chi connectivity index (χ0v) is 8.44. The van der Waals surface area contributed by atoms with Crippen LogP contribution in [0.5, 0.6) is 0 Å². The first-order chi connectivity index (χ1) is 6.64. The van der Waals surface area contributed by atoms with E-state index in [4.69, 9.17) is 5.11 Å². The van der Waals surface area contributed by atoms with Crippen molar-refractivity contribution in [2.45, 2.75) is 6.92 Å². The van der Waals surface area contributed by atoms with Gasteiger partial charge in [-0.2, -0.15) is 0 Å².